The van der Waals surface area contributed by atoms with Crippen molar-refractivity contribution in [2.24, 2.45) is 0 Å². The molecular weight excluding hydrogens is 244 g/mol. The number of unbranched alkanes of at least 4 members (excludes halogenated alkanes) is 6. The second-order valence-electron chi connectivity index (χ2n) is 4.93. The predicted molar refractivity (Wildman–Crippen MR) is 73.2 cm³/mol. The van der Waals surface area contributed by atoms with Gasteiger partial charge in [0.2, 0.25) is 5.76 Å². The SMILES string of the molecule is CCCCCCCCCC(O)c1ccc(C(=O)O)o1. The van der Waals surface area contributed by atoms with Crippen LogP contribution >= 0.6 is 0 Å². The Hall–Kier alpha value is -1.29. The van der Waals surface area contributed by atoms with Crippen LogP contribution in [-0.2, 0) is 0 Å². The monoisotopic (exact) mass is 268 g/mol. The van der Waals surface area contributed by atoms with Gasteiger partial charge in [0.1, 0.15) is 11.9 Å². The van der Waals surface area contributed by atoms with Gasteiger partial charge in [-0.25, -0.2) is 4.79 Å². The van der Waals surface area contributed by atoms with Gasteiger partial charge in [0.05, 0.1) is 0 Å². The van der Waals surface area contributed by atoms with Crippen LogP contribution in [0.4, 0.5) is 0 Å². The molecule has 0 spiro atoms. The molecule has 0 saturated carbocycles. The zero-order valence-corrected chi connectivity index (χ0v) is 11.6. The van der Waals surface area contributed by atoms with E-state index in [0.29, 0.717) is 12.2 Å². The van der Waals surface area contributed by atoms with Crippen LogP contribution in [0.3, 0.4) is 0 Å². The molecule has 1 aromatic heterocycles. The normalized spacial score (nSPS) is 12.5. The summed E-state index contributed by atoms with van der Waals surface area (Å²) < 4.78 is 5.07. The Morgan fingerprint density at radius 1 is 1.16 bits per heavy atom. The van der Waals surface area contributed by atoms with Crippen LogP contribution < -0.4 is 0 Å². The molecule has 0 saturated heterocycles. The molecule has 1 rings (SSSR count). The minimum absolute atomic E-state index is 0.117. The van der Waals surface area contributed by atoms with E-state index in [1.807, 2.05) is 0 Å². The molecular formula is C15H24O4. The lowest BCUT2D eigenvalue weighted by Gasteiger charge is -2.07. The minimum atomic E-state index is -1.10. The van der Waals surface area contributed by atoms with Crippen LogP contribution in [0.25, 0.3) is 0 Å². The van der Waals surface area contributed by atoms with Gasteiger partial charge in [0.15, 0.2) is 0 Å². The van der Waals surface area contributed by atoms with Crippen LogP contribution in [0.1, 0.15) is 80.7 Å². The first kappa shape index (κ1) is 15.8. The summed E-state index contributed by atoms with van der Waals surface area (Å²) in [5.41, 5.74) is 0. The summed E-state index contributed by atoms with van der Waals surface area (Å²) in [7, 11) is 0. The highest BCUT2D eigenvalue weighted by atomic mass is 16.4. The summed E-state index contributed by atoms with van der Waals surface area (Å²) in [6.07, 6.45) is 8.28. The van der Waals surface area contributed by atoms with Crippen molar-refractivity contribution in [1.82, 2.24) is 0 Å². The number of furan rings is 1. The van der Waals surface area contributed by atoms with E-state index in [2.05, 4.69) is 6.92 Å². The van der Waals surface area contributed by atoms with E-state index in [1.165, 1.54) is 44.2 Å². The van der Waals surface area contributed by atoms with Gasteiger partial charge >= 0.3 is 5.97 Å². The first-order valence-electron chi connectivity index (χ1n) is 7.16. The van der Waals surface area contributed by atoms with Gasteiger partial charge in [-0.1, -0.05) is 51.9 Å². The molecule has 4 heteroatoms. The number of aliphatic hydroxyl groups is 1. The molecule has 0 aliphatic rings. The van der Waals surface area contributed by atoms with E-state index in [-0.39, 0.29) is 5.76 Å². The summed E-state index contributed by atoms with van der Waals surface area (Å²) in [5.74, 6) is -0.869. The number of hydrogen-bond donors (Lipinski definition) is 2. The van der Waals surface area contributed by atoms with Crippen molar-refractivity contribution < 1.29 is 19.4 Å². The Morgan fingerprint density at radius 2 is 1.79 bits per heavy atom. The second-order valence-corrected chi connectivity index (χ2v) is 4.93. The van der Waals surface area contributed by atoms with Crippen LogP contribution in [0.2, 0.25) is 0 Å². The molecule has 1 aromatic rings. The van der Waals surface area contributed by atoms with Crippen LogP contribution in [-0.4, -0.2) is 16.2 Å². The number of rotatable bonds is 10. The minimum Gasteiger partial charge on any atom is -0.475 e. The van der Waals surface area contributed by atoms with E-state index < -0.39 is 12.1 Å². The van der Waals surface area contributed by atoms with Gasteiger partial charge in [0, 0.05) is 0 Å². The number of aliphatic hydroxyl groups excluding tert-OH is 1. The number of carboxylic acids is 1. The second kappa shape index (κ2) is 8.75. The van der Waals surface area contributed by atoms with Gasteiger partial charge in [-0.15, -0.1) is 0 Å². The first-order chi connectivity index (χ1) is 9.15. The molecule has 0 aliphatic heterocycles. The summed E-state index contributed by atoms with van der Waals surface area (Å²) in [6.45, 7) is 2.20. The largest absolute Gasteiger partial charge is 0.475 e. The van der Waals surface area contributed by atoms with Crippen molar-refractivity contribution in [1.29, 1.82) is 0 Å². The molecule has 0 aliphatic carbocycles. The number of carbonyl (C=O) groups is 1. The average molecular weight is 268 g/mol. The highest BCUT2D eigenvalue weighted by Gasteiger charge is 2.15. The molecule has 1 unspecified atom stereocenters. The van der Waals surface area contributed by atoms with Gasteiger partial charge in [0.25, 0.3) is 0 Å². The third kappa shape index (κ3) is 5.92. The van der Waals surface area contributed by atoms with Crippen molar-refractivity contribution in [2.45, 2.75) is 64.4 Å². The van der Waals surface area contributed by atoms with E-state index >= 15 is 0 Å². The third-order valence-corrected chi connectivity index (χ3v) is 3.25. The predicted octanol–water partition coefficient (Wildman–Crippen LogP) is 4.15. The molecule has 0 aromatic carbocycles. The Morgan fingerprint density at radius 3 is 2.37 bits per heavy atom. The molecule has 0 radical (unpaired) electrons. The topological polar surface area (TPSA) is 70.7 Å². The number of aromatic carboxylic acids is 1. The Labute approximate surface area is 114 Å². The maximum absolute atomic E-state index is 10.6. The van der Waals surface area contributed by atoms with Crippen molar-refractivity contribution >= 4 is 5.97 Å². The van der Waals surface area contributed by atoms with Crippen molar-refractivity contribution in [3.63, 3.8) is 0 Å². The van der Waals surface area contributed by atoms with Crippen molar-refractivity contribution in [3.8, 4) is 0 Å². The van der Waals surface area contributed by atoms with E-state index in [0.717, 1.165) is 12.8 Å². The fraction of sp³-hybridized carbons (Fsp3) is 0.667. The number of hydrogen-bond acceptors (Lipinski definition) is 3. The maximum atomic E-state index is 10.6. The maximum Gasteiger partial charge on any atom is 0.371 e. The molecule has 0 bridgehead atoms. The average Bonchev–Trinajstić information content (AvgIpc) is 2.87. The van der Waals surface area contributed by atoms with Crippen LogP contribution in [0.5, 0.6) is 0 Å². The van der Waals surface area contributed by atoms with Gasteiger partial charge < -0.3 is 14.6 Å². The molecule has 108 valence electrons. The first-order valence-corrected chi connectivity index (χ1v) is 7.16. The highest BCUT2D eigenvalue weighted by molar-refractivity contribution is 5.84. The molecule has 4 nitrogen and oxygen atoms in total. The lowest BCUT2D eigenvalue weighted by molar-refractivity contribution is 0.0649. The molecule has 0 fully saturated rings. The molecule has 19 heavy (non-hydrogen) atoms. The standard InChI is InChI=1S/C15H24O4/c1-2-3-4-5-6-7-8-9-12(16)13-10-11-14(19-13)15(17)18/h10-12,16H,2-9H2,1H3,(H,17,18). The Kier molecular flexibility index (Phi) is 7.26. The fourth-order valence-corrected chi connectivity index (χ4v) is 2.08. The summed E-state index contributed by atoms with van der Waals surface area (Å²) in [5, 5.41) is 18.6. The van der Waals surface area contributed by atoms with E-state index in [9.17, 15) is 9.90 Å². The van der Waals surface area contributed by atoms with Crippen molar-refractivity contribution in [3.05, 3.63) is 23.7 Å². The van der Waals surface area contributed by atoms with Crippen LogP contribution in [0.15, 0.2) is 16.5 Å². The number of carboxylic acid groups (broad SMARTS) is 1. The summed E-state index contributed by atoms with van der Waals surface area (Å²) in [4.78, 5) is 10.6. The van der Waals surface area contributed by atoms with Gasteiger partial charge in [-0.3, -0.25) is 0 Å². The molecule has 2 N–H and O–H groups in total. The van der Waals surface area contributed by atoms with Crippen LogP contribution in [0, 0.1) is 0 Å². The lowest BCUT2D eigenvalue weighted by atomic mass is 10.1. The zero-order valence-electron chi connectivity index (χ0n) is 11.6. The molecule has 0 amide bonds. The summed E-state index contributed by atoms with van der Waals surface area (Å²) in [6, 6.07) is 2.92. The Balaban J connectivity index is 2.16. The lowest BCUT2D eigenvalue weighted by Crippen LogP contribution is -1.96. The Bertz CT molecular complexity index is 370. The zero-order chi connectivity index (χ0) is 14.1. The molecule has 1 heterocycles. The van der Waals surface area contributed by atoms with Gasteiger partial charge in [-0.05, 0) is 18.6 Å². The van der Waals surface area contributed by atoms with Gasteiger partial charge in [-0.2, -0.15) is 0 Å². The quantitative estimate of drug-likeness (QED) is 0.625. The highest BCUT2D eigenvalue weighted by Crippen LogP contribution is 2.22. The molecule has 1 atom stereocenters. The fourth-order valence-electron chi connectivity index (χ4n) is 2.08. The smallest absolute Gasteiger partial charge is 0.371 e. The van der Waals surface area contributed by atoms with Crippen molar-refractivity contribution in [2.75, 3.05) is 0 Å². The summed E-state index contributed by atoms with van der Waals surface area (Å²) >= 11 is 0. The van der Waals surface area contributed by atoms with E-state index in [1.54, 1.807) is 0 Å². The van der Waals surface area contributed by atoms with E-state index in [4.69, 9.17) is 9.52 Å². The third-order valence-electron chi connectivity index (χ3n) is 3.25.